The number of ether oxygens (including phenoxy) is 1. The van der Waals surface area contributed by atoms with Gasteiger partial charge in [-0.15, -0.1) is 0 Å². The van der Waals surface area contributed by atoms with Crippen molar-refractivity contribution >= 4 is 5.97 Å². The van der Waals surface area contributed by atoms with Crippen molar-refractivity contribution in [2.45, 2.75) is 31.7 Å². The maximum atomic E-state index is 10.9. The maximum Gasteiger partial charge on any atom is 0.341 e. The van der Waals surface area contributed by atoms with Crippen molar-refractivity contribution in [1.82, 2.24) is 19.7 Å². The highest BCUT2D eigenvalue weighted by molar-refractivity contribution is 5.68. The van der Waals surface area contributed by atoms with Gasteiger partial charge in [0.15, 0.2) is 6.61 Å². The molecule has 0 fully saturated rings. The molecule has 2 aromatic heterocycles. The van der Waals surface area contributed by atoms with Crippen molar-refractivity contribution in [3.05, 3.63) is 107 Å². The van der Waals surface area contributed by atoms with Gasteiger partial charge >= 0.3 is 5.97 Å². The second-order valence-electron chi connectivity index (χ2n) is 8.65. The van der Waals surface area contributed by atoms with E-state index in [2.05, 4.69) is 39.5 Å². The van der Waals surface area contributed by atoms with Crippen molar-refractivity contribution in [2.75, 3.05) is 6.61 Å². The van der Waals surface area contributed by atoms with Gasteiger partial charge in [-0.05, 0) is 47.9 Å². The molecule has 0 aliphatic heterocycles. The Morgan fingerprint density at radius 1 is 1.09 bits per heavy atom. The Hall–Kier alpha value is -4.00. The number of carboxylic acids is 1. The van der Waals surface area contributed by atoms with Crippen molar-refractivity contribution in [3.63, 3.8) is 0 Å². The van der Waals surface area contributed by atoms with Crippen LogP contribution in [0, 0.1) is 5.92 Å². The molecule has 4 aromatic rings. The molecule has 2 heterocycles. The molecule has 7 nitrogen and oxygen atoms in total. The SMILES string of the molecule is O=C(O)COc1cccc2c1CCC(Cn1cc(C(c3ccccc3)c3cnccn3)cn1)C2. The smallest absolute Gasteiger partial charge is 0.341 e. The summed E-state index contributed by atoms with van der Waals surface area (Å²) < 4.78 is 7.53. The summed E-state index contributed by atoms with van der Waals surface area (Å²) in [6.07, 6.45) is 12.1. The molecule has 172 valence electrons. The van der Waals surface area contributed by atoms with E-state index in [4.69, 9.17) is 9.84 Å². The van der Waals surface area contributed by atoms with E-state index in [1.165, 1.54) is 5.56 Å². The third kappa shape index (κ3) is 4.83. The molecule has 0 bridgehead atoms. The first-order valence-electron chi connectivity index (χ1n) is 11.5. The Morgan fingerprint density at radius 2 is 1.97 bits per heavy atom. The van der Waals surface area contributed by atoms with Crippen LogP contribution in [-0.4, -0.2) is 37.4 Å². The van der Waals surface area contributed by atoms with Gasteiger partial charge in [-0.25, -0.2) is 4.79 Å². The second-order valence-corrected chi connectivity index (χ2v) is 8.65. The van der Waals surface area contributed by atoms with Gasteiger partial charge in [0.05, 0.1) is 17.8 Å². The molecule has 1 N–H and O–H groups in total. The van der Waals surface area contributed by atoms with Crippen molar-refractivity contribution in [3.8, 4) is 5.75 Å². The minimum atomic E-state index is -0.962. The molecule has 0 spiro atoms. The van der Waals surface area contributed by atoms with Crippen LogP contribution < -0.4 is 4.74 Å². The van der Waals surface area contributed by atoms with E-state index >= 15 is 0 Å². The van der Waals surface area contributed by atoms with E-state index in [9.17, 15) is 4.79 Å². The Bertz CT molecular complexity index is 1220. The number of nitrogens with zero attached hydrogens (tertiary/aromatic N) is 4. The van der Waals surface area contributed by atoms with Crippen LogP contribution in [0.25, 0.3) is 0 Å². The summed E-state index contributed by atoms with van der Waals surface area (Å²) in [5.74, 6) is 0.150. The van der Waals surface area contributed by atoms with Gasteiger partial charge in [0.2, 0.25) is 0 Å². The molecule has 2 unspecified atom stereocenters. The van der Waals surface area contributed by atoms with E-state index < -0.39 is 5.97 Å². The van der Waals surface area contributed by atoms with Gasteiger partial charge in [0, 0.05) is 36.9 Å². The molecule has 34 heavy (non-hydrogen) atoms. The van der Waals surface area contributed by atoms with Crippen molar-refractivity contribution in [1.29, 1.82) is 0 Å². The molecule has 2 atom stereocenters. The molecule has 0 saturated heterocycles. The average molecular weight is 455 g/mol. The zero-order valence-electron chi connectivity index (χ0n) is 18.7. The number of carbonyl (C=O) groups is 1. The highest BCUT2D eigenvalue weighted by Gasteiger charge is 2.24. The average Bonchev–Trinajstić information content (AvgIpc) is 3.31. The molecule has 5 rings (SSSR count). The fourth-order valence-electron chi connectivity index (χ4n) is 4.81. The quantitative estimate of drug-likeness (QED) is 0.431. The number of rotatable bonds is 8. The Kier molecular flexibility index (Phi) is 6.33. The van der Waals surface area contributed by atoms with Crippen LogP contribution in [0.5, 0.6) is 5.75 Å². The minimum Gasteiger partial charge on any atom is -0.482 e. The molecular formula is C27H26N4O3. The lowest BCUT2D eigenvalue weighted by Gasteiger charge is -2.26. The van der Waals surface area contributed by atoms with E-state index in [1.54, 1.807) is 12.4 Å². The monoisotopic (exact) mass is 454 g/mol. The first-order valence-corrected chi connectivity index (χ1v) is 11.5. The van der Waals surface area contributed by atoms with Crippen LogP contribution in [0.3, 0.4) is 0 Å². The number of hydrogen-bond acceptors (Lipinski definition) is 5. The summed E-state index contributed by atoms with van der Waals surface area (Å²) in [5.41, 5.74) is 5.50. The van der Waals surface area contributed by atoms with Crippen molar-refractivity contribution < 1.29 is 14.6 Å². The molecule has 0 amide bonds. The first-order chi connectivity index (χ1) is 16.7. The number of hydrogen-bond donors (Lipinski definition) is 1. The molecule has 1 aliphatic carbocycles. The Morgan fingerprint density at radius 3 is 2.76 bits per heavy atom. The lowest BCUT2D eigenvalue weighted by atomic mass is 9.83. The molecular weight excluding hydrogens is 428 g/mol. The van der Waals surface area contributed by atoms with Crippen LogP contribution in [0.1, 0.15) is 40.3 Å². The summed E-state index contributed by atoms with van der Waals surface area (Å²) in [4.78, 5) is 19.7. The molecule has 2 aromatic carbocycles. The molecule has 7 heteroatoms. The fraction of sp³-hybridized carbons (Fsp3) is 0.259. The van der Waals surface area contributed by atoms with Gasteiger partial charge < -0.3 is 9.84 Å². The van der Waals surface area contributed by atoms with Gasteiger partial charge in [-0.1, -0.05) is 42.5 Å². The standard InChI is InChI=1S/C27H26N4O3/c32-26(33)18-34-25-8-4-7-21-13-19(9-10-23(21)25)16-31-17-22(14-30-31)27(20-5-2-1-3-6-20)24-15-28-11-12-29-24/h1-8,11-12,14-15,17,19,27H,9-10,13,16,18H2,(H,32,33). The van der Waals surface area contributed by atoms with Crippen molar-refractivity contribution in [2.24, 2.45) is 5.92 Å². The Balaban J connectivity index is 1.33. The van der Waals surface area contributed by atoms with Crippen LogP contribution in [0.15, 0.2) is 79.5 Å². The Labute approximate surface area is 198 Å². The summed E-state index contributed by atoms with van der Waals surface area (Å²) in [6.45, 7) is 0.506. The van der Waals surface area contributed by atoms with Gasteiger partial charge in [-0.2, -0.15) is 5.10 Å². The van der Waals surface area contributed by atoms with E-state index in [-0.39, 0.29) is 12.5 Å². The third-order valence-electron chi connectivity index (χ3n) is 6.34. The topological polar surface area (TPSA) is 90.1 Å². The summed E-state index contributed by atoms with van der Waals surface area (Å²) in [7, 11) is 0. The van der Waals surface area contributed by atoms with Crippen LogP contribution in [-0.2, 0) is 24.2 Å². The molecule has 0 radical (unpaired) electrons. The normalized spacial score (nSPS) is 15.9. The summed E-state index contributed by atoms with van der Waals surface area (Å²) >= 11 is 0. The van der Waals surface area contributed by atoms with E-state index in [1.807, 2.05) is 47.4 Å². The zero-order valence-corrected chi connectivity index (χ0v) is 18.7. The number of aliphatic carboxylic acids is 1. The predicted molar refractivity (Wildman–Crippen MR) is 127 cm³/mol. The fourth-order valence-corrected chi connectivity index (χ4v) is 4.81. The van der Waals surface area contributed by atoms with Gasteiger partial charge in [0.1, 0.15) is 5.75 Å². The lowest BCUT2D eigenvalue weighted by molar-refractivity contribution is -0.139. The first kappa shape index (κ1) is 21.8. The molecule has 1 aliphatic rings. The third-order valence-corrected chi connectivity index (χ3v) is 6.34. The number of fused-ring (bicyclic) bond motifs is 1. The lowest BCUT2D eigenvalue weighted by Crippen LogP contribution is -2.21. The van der Waals surface area contributed by atoms with Crippen LogP contribution in [0.2, 0.25) is 0 Å². The molecule has 0 saturated carbocycles. The van der Waals surface area contributed by atoms with Gasteiger partial charge in [0.25, 0.3) is 0 Å². The largest absolute Gasteiger partial charge is 0.482 e. The number of aromatic nitrogens is 4. The predicted octanol–water partition coefficient (Wildman–Crippen LogP) is 4.12. The summed E-state index contributed by atoms with van der Waals surface area (Å²) in [6, 6.07) is 16.2. The van der Waals surface area contributed by atoms with E-state index in [0.29, 0.717) is 11.7 Å². The van der Waals surface area contributed by atoms with Crippen LogP contribution in [0.4, 0.5) is 0 Å². The zero-order chi connectivity index (χ0) is 23.3. The summed E-state index contributed by atoms with van der Waals surface area (Å²) in [5, 5.41) is 13.6. The van der Waals surface area contributed by atoms with Crippen LogP contribution >= 0.6 is 0 Å². The number of carboxylic acid groups (broad SMARTS) is 1. The highest BCUT2D eigenvalue weighted by atomic mass is 16.5. The van der Waals surface area contributed by atoms with Gasteiger partial charge in [-0.3, -0.25) is 14.6 Å². The maximum absolute atomic E-state index is 10.9. The minimum absolute atomic E-state index is 0.0234. The van der Waals surface area contributed by atoms with E-state index in [0.717, 1.165) is 48.2 Å². The second kappa shape index (κ2) is 9.87. The highest BCUT2D eigenvalue weighted by Crippen LogP contribution is 2.34. The number of benzene rings is 2.